The largest absolute Gasteiger partial charge is 4.00 e. The molecule has 0 unspecified atom stereocenters. The molecule has 0 aromatic carbocycles. The minimum absolute atomic E-state index is 0. The predicted molar refractivity (Wildman–Crippen MR) is 67.4 cm³/mol. The van der Waals surface area contributed by atoms with Crippen LogP contribution in [0.3, 0.4) is 0 Å². The quantitative estimate of drug-likeness (QED) is 0.314. The molecule has 0 heterocycles. The van der Waals surface area contributed by atoms with Gasteiger partial charge in [-0.1, -0.05) is 0 Å². The summed E-state index contributed by atoms with van der Waals surface area (Å²) in [6, 6.07) is 0. The Balaban J connectivity index is -0.000000411. The van der Waals surface area contributed by atoms with Crippen LogP contribution in [0.2, 0.25) is 0 Å². The number of rotatable bonds is 0. The Bertz CT molecular complexity index is 882. The van der Waals surface area contributed by atoms with E-state index in [1.165, 1.54) is 0 Å². The van der Waals surface area contributed by atoms with Gasteiger partial charge in [0.25, 0.3) is 0 Å². The Hall–Kier alpha value is -4.03. The zero-order valence-electron chi connectivity index (χ0n) is 12.6. The minimum Gasteiger partial charge on any atom is 4.00 e. The molecule has 0 aliphatic heterocycles. The SMILES string of the molecule is N#[C][Fe-2]([C]#N)([C]#N)([C]#N)([C]#N)[C]#N.N#[C][Fe-2]([C]#N)([C]#N)([C]#N)([C]#N)[C]#N.[U+4]. The van der Waals surface area contributed by atoms with Gasteiger partial charge >= 0.3 is 175 Å². The van der Waals surface area contributed by atoms with Crippen LogP contribution >= 0.6 is 0 Å². The van der Waals surface area contributed by atoms with Crippen LogP contribution in [0.5, 0.6) is 0 Å². The van der Waals surface area contributed by atoms with E-state index in [9.17, 15) is 0 Å². The fourth-order valence-corrected chi connectivity index (χ4v) is 2.19. The monoisotopic (exact) mass is 662 g/mol. The van der Waals surface area contributed by atoms with Crippen molar-refractivity contribution in [3.05, 3.63) is 0 Å². The Labute approximate surface area is 174 Å². The molecule has 128 valence electrons. The minimum atomic E-state index is -6.17. The third kappa shape index (κ3) is 2.80. The summed E-state index contributed by atoms with van der Waals surface area (Å²) < 4.78 is 0. The van der Waals surface area contributed by atoms with Crippen LogP contribution in [0.4, 0.5) is 0 Å². The number of hydrogen-bond acceptors (Lipinski definition) is 12. The van der Waals surface area contributed by atoms with Gasteiger partial charge in [-0.25, -0.2) is 0 Å². The fourth-order valence-electron chi connectivity index (χ4n) is 0.530. The second-order valence-electron chi connectivity index (χ2n) is 3.60. The maximum atomic E-state index is 8.58. The molecule has 0 atom stereocenters. The van der Waals surface area contributed by atoms with Crippen LogP contribution in [-0.2, 0) is 21.5 Å². The second kappa shape index (κ2) is 6.70. The summed E-state index contributed by atoms with van der Waals surface area (Å²) >= 11 is 0. The molecule has 0 N–H and O–H groups in total. The van der Waals surface area contributed by atoms with Crippen molar-refractivity contribution in [2.24, 2.45) is 0 Å². The van der Waals surface area contributed by atoms with Crippen molar-refractivity contribution in [2.75, 3.05) is 0 Å². The summed E-state index contributed by atoms with van der Waals surface area (Å²) in [5.74, 6) is 0. The summed E-state index contributed by atoms with van der Waals surface area (Å²) in [6.07, 6.45) is 0. The molecule has 0 saturated heterocycles. The van der Waals surface area contributed by atoms with Gasteiger partial charge in [-0.15, -0.1) is 0 Å². The Morgan fingerprint density at radius 3 is 0.333 bits per heavy atom. The summed E-state index contributed by atoms with van der Waals surface area (Å²) in [5, 5.41) is 103. The molecular formula is C12Fe2N12U. The van der Waals surface area contributed by atoms with E-state index < -0.39 is 21.5 Å². The van der Waals surface area contributed by atoms with Crippen LogP contribution in [-0.4, -0.2) is 0 Å². The molecule has 0 radical (unpaired) electrons. The van der Waals surface area contributed by atoms with Crippen LogP contribution < -0.4 is 0 Å². The average molecular weight is 662 g/mol. The predicted octanol–water partition coefficient (Wildman–Crippen LogP) is 0.196. The normalized spacial score (nSPS) is 12.9. The maximum Gasteiger partial charge on any atom is 4.00 e. The summed E-state index contributed by atoms with van der Waals surface area (Å²) in [5.41, 5.74) is 0. The first-order valence-electron chi connectivity index (χ1n) is 4.80. The van der Waals surface area contributed by atoms with Gasteiger partial charge in [-0.05, 0) is 0 Å². The van der Waals surface area contributed by atoms with Crippen molar-refractivity contribution in [3.8, 4) is 59.6 Å². The third-order valence-electron chi connectivity index (χ3n) is 2.37. The molecule has 0 saturated carbocycles. The Kier molecular flexibility index (Phi) is 6.90. The van der Waals surface area contributed by atoms with E-state index >= 15 is 0 Å². The van der Waals surface area contributed by atoms with E-state index in [2.05, 4.69) is 0 Å². The molecule has 15 heteroatoms. The van der Waals surface area contributed by atoms with Gasteiger partial charge in [0.2, 0.25) is 0 Å². The third-order valence-corrected chi connectivity index (χ3v) is 9.78. The zero-order chi connectivity index (χ0) is 21.3. The molecule has 0 aliphatic rings. The van der Waals surface area contributed by atoms with E-state index in [1.807, 2.05) is 0 Å². The van der Waals surface area contributed by atoms with Crippen molar-refractivity contribution >= 4 is 0 Å². The van der Waals surface area contributed by atoms with Gasteiger partial charge in [-0.3, -0.25) is 0 Å². The van der Waals surface area contributed by atoms with Gasteiger partial charge in [0.1, 0.15) is 0 Å². The van der Waals surface area contributed by atoms with Crippen LogP contribution in [0.25, 0.3) is 0 Å². The van der Waals surface area contributed by atoms with Crippen molar-refractivity contribution < 1.29 is 52.6 Å². The molecule has 0 rings (SSSR count). The van der Waals surface area contributed by atoms with E-state index in [0.29, 0.717) is 0 Å². The molecule has 12 nitrogen and oxygen atoms in total. The molecule has 0 spiro atoms. The Morgan fingerprint density at radius 2 is 0.333 bits per heavy atom. The molecular weight excluding hydrogens is 662 g/mol. The zero-order valence-corrected chi connectivity index (χ0v) is 18.9. The van der Waals surface area contributed by atoms with Crippen LogP contribution in [0, 0.1) is 154 Å². The molecule has 0 aromatic heterocycles. The summed E-state index contributed by atoms with van der Waals surface area (Å²) in [6.45, 7) is 0. The molecule has 0 bridgehead atoms. The fraction of sp³-hybridized carbons (Fsp3) is 0. The molecule has 27 heavy (non-hydrogen) atoms. The van der Waals surface area contributed by atoms with Crippen molar-refractivity contribution in [3.63, 3.8) is 0 Å². The van der Waals surface area contributed by atoms with Crippen LogP contribution in [0.15, 0.2) is 0 Å². The molecule has 0 aromatic rings. The number of nitriles is 12. The van der Waals surface area contributed by atoms with E-state index in [4.69, 9.17) is 63.1 Å². The smallest absolute Gasteiger partial charge is 4.00 e. The Morgan fingerprint density at radius 1 is 0.259 bits per heavy atom. The topological polar surface area (TPSA) is 285 Å². The first-order chi connectivity index (χ1) is 11.9. The average Bonchev–Trinajstić information content (AvgIpc) is 2.77. The van der Waals surface area contributed by atoms with Crippen molar-refractivity contribution in [1.82, 2.24) is 0 Å². The van der Waals surface area contributed by atoms with Gasteiger partial charge < -0.3 is 0 Å². The maximum absolute atomic E-state index is 8.58. The second-order valence-corrected chi connectivity index (χ2v) is 14.8. The van der Waals surface area contributed by atoms with Gasteiger partial charge in [0.15, 0.2) is 0 Å². The first kappa shape index (κ1) is 27.8. The number of nitrogens with zero attached hydrogens (tertiary/aromatic N) is 12. The molecule has 0 amide bonds. The van der Waals surface area contributed by atoms with Crippen LogP contribution in [0.1, 0.15) is 0 Å². The number of hydrogen-bond donors (Lipinski definition) is 0. The molecule has 0 fully saturated rings. The van der Waals surface area contributed by atoms with E-state index in [0.717, 1.165) is 59.6 Å². The summed E-state index contributed by atoms with van der Waals surface area (Å²) in [7, 11) is -12.3. The van der Waals surface area contributed by atoms with E-state index in [1.54, 1.807) is 0 Å². The first-order valence-corrected chi connectivity index (χ1v) is 11.4. The molecule has 0 aliphatic carbocycles. The van der Waals surface area contributed by atoms with E-state index in [-0.39, 0.29) is 31.1 Å². The van der Waals surface area contributed by atoms with Crippen molar-refractivity contribution in [1.29, 1.82) is 63.1 Å². The standard InChI is InChI=1S/12CN.2Fe.U/c12*1-2;;;/q;;;;;;;;;;;;2*-2;+4. The van der Waals surface area contributed by atoms with Crippen molar-refractivity contribution in [2.45, 2.75) is 0 Å². The van der Waals surface area contributed by atoms with Gasteiger partial charge in [-0.2, -0.15) is 0 Å². The van der Waals surface area contributed by atoms with Gasteiger partial charge in [0, 0.05) is 0 Å². The van der Waals surface area contributed by atoms with Gasteiger partial charge in [0.05, 0.1) is 0 Å². The summed E-state index contributed by atoms with van der Waals surface area (Å²) in [4.78, 5) is 12.4.